The summed E-state index contributed by atoms with van der Waals surface area (Å²) in [6.45, 7) is 3.94. The molecule has 3 nitrogen and oxygen atoms in total. The van der Waals surface area contributed by atoms with E-state index in [4.69, 9.17) is 0 Å². The van der Waals surface area contributed by atoms with Gasteiger partial charge >= 0.3 is 0 Å². The van der Waals surface area contributed by atoms with E-state index in [2.05, 4.69) is 23.8 Å². The molecule has 16 heavy (non-hydrogen) atoms. The van der Waals surface area contributed by atoms with Gasteiger partial charge in [0.1, 0.15) is 0 Å². The molecule has 0 aromatic carbocycles. The Hall–Kier alpha value is -0.220. The van der Waals surface area contributed by atoms with E-state index in [1.165, 1.54) is 19.3 Å². The molecule has 1 aliphatic heterocycles. The molecule has 0 spiro atoms. The third kappa shape index (κ3) is 2.38. The second kappa shape index (κ2) is 4.96. The van der Waals surface area contributed by atoms with Crippen LogP contribution in [0.15, 0.2) is 0 Å². The van der Waals surface area contributed by atoms with Gasteiger partial charge in [0.25, 0.3) is 0 Å². The third-order valence-electron chi connectivity index (χ3n) is 4.14. The molecule has 1 heterocycles. The first kappa shape index (κ1) is 12.2. The molecule has 2 unspecified atom stereocenters. The molecule has 1 saturated heterocycles. The van der Waals surface area contributed by atoms with Crippen LogP contribution >= 0.6 is 11.8 Å². The number of amides is 1. The molecule has 0 aromatic rings. The number of nitrogens with one attached hydrogen (secondary N) is 2. The van der Waals surface area contributed by atoms with Crippen molar-refractivity contribution >= 4 is 17.7 Å². The summed E-state index contributed by atoms with van der Waals surface area (Å²) in [5.41, 5.74) is 0. The lowest BCUT2D eigenvalue weighted by atomic mass is 9.84. The average molecular weight is 242 g/mol. The van der Waals surface area contributed by atoms with Gasteiger partial charge in [-0.1, -0.05) is 6.42 Å². The van der Waals surface area contributed by atoms with E-state index in [1.807, 2.05) is 11.8 Å². The van der Waals surface area contributed by atoms with E-state index in [0.29, 0.717) is 10.8 Å². The van der Waals surface area contributed by atoms with Crippen LogP contribution in [0.25, 0.3) is 0 Å². The number of rotatable bonds is 4. The quantitative estimate of drug-likeness (QED) is 0.783. The van der Waals surface area contributed by atoms with Crippen molar-refractivity contribution in [3.63, 3.8) is 0 Å². The highest BCUT2D eigenvalue weighted by atomic mass is 32.2. The lowest BCUT2D eigenvalue weighted by Gasteiger charge is -2.40. The zero-order chi connectivity index (χ0) is 11.6. The van der Waals surface area contributed by atoms with Gasteiger partial charge in [0.05, 0.1) is 5.92 Å². The number of carbonyl (C=O) groups is 1. The molecular formula is C12H22N2OS. The summed E-state index contributed by atoms with van der Waals surface area (Å²) >= 11 is 1.91. The Kier molecular flexibility index (Phi) is 3.80. The molecule has 0 aromatic heterocycles. The molecule has 2 N–H and O–H groups in total. The van der Waals surface area contributed by atoms with Gasteiger partial charge in [0.2, 0.25) is 5.91 Å². The van der Waals surface area contributed by atoms with Gasteiger partial charge in [-0.3, -0.25) is 4.79 Å². The first-order valence-electron chi connectivity index (χ1n) is 6.23. The summed E-state index contributed by atoms with van der Waals surface area (Å²) < 4.78 is 0.352. The number of thioether (sulfide) groups is 1. The molecule has 0 radical (unpaired) electrons. The smallest absolute Gasteiger partial charge is 0.224 e. The molecule has 92 valence electrons. The monoisotopic (exact) mass is 242 g/mol. The second-order valence-electron chi connectivity index (χ2n) is 5.10. The van der Waals surface area contributed by atoms with E-state index in [9.17, 15) is 4.79 Å². The lowest BCUT2D eigenvalue weighted by Crippen LogP contribution is -2.47. The molecule has 2 aliphatic rings. The van der Waals surface area contributed by atoms with Crippen LogP contribution in [-0.2, 0) is 4.79 Å². The fourth-order valence-corrected chi connectivity index (χ4v) is 3.53. The predicted molar refractivity (Wildman–Crippen MR) is 68.7 cm³/mol. The largest absolute Gasteiger partial charge is 0.354 e. The molecule has 4 heteroatoms. The molecule has 2 atom stereocenters. The van der Waals surface area contributed by atoms with Crippen molar-refractivity contribution in [2.75, 3.05) is 19.3 Å². The molecule has 2 fully saturated rings. The Morgan fingerprint density at radius 1 is 1.56 bits per heavy atom. The molecule has 1 amide bonds. The first-order valence-corrected chi connectivity index (χ1v) is 7.46. The van der Waals surface area contributed by atoms with Gasteiger partial charge in [0.15, 0.2) is 0 Å². The standard InChI is InChI=1S/C12H22N2OS/c1-9-10(4-7-13-9)11(15)14-8-12(16-2)5-3-6-12/h9-10,13H,3-8H2,1-2H3,(H,14,15). The van der Waals surface area contributed by atoms with Crippen LogP contribution in [0.2, 0.25) is 0 Å². The zero-order valence-electron chi connectivity index (χ0n) is 10.2. The maximum atomic E-state index is 12.0. The molecular weight excluding hydrogens is 220 g/mol. The van der Waals surface area contributed by atoms with Crippen molar-refractivity contribution < 1.29 is 4.79 Å². The summed E-state index contributed by atoms with van der Waals surface area (Å²) in [5, 5.41) is 6.47. The topological polar surface area (TPSA) is 41.1 Å². The predicted octanol–water partition coefficient (Wildman–Crippen LogP) is 1.39. The fraction of sp³-hybridized carbons (Fsp3) is 0.917. The zero-order valence-corrected chi connectivity index (χ0v) is 11.0. The SMILES string of the molecule is CSC1(CNC(=O)C2CCNC2C)CCC1. The van der Waals surface area contributed by atoms with Crippen LogP contribution in [0.1, 0.15) is 32.6 Å². The van der Waals surface area contributed by atoms with Crippen molar-refractivity contribution in [1.29, 1.82) is 0 Å². The Morgan fingerprint density at radius 3 is 2.75 bits per heavy atom. The maximum absolute atomic E-state index is 12.0. The van der Waals surface area contributed by atoms with Crippen molar-refractivity contribution in [1.82, 2.24) is 10.6 Å². The molecule has 1 aliphatic carbocycles. The summed E-state index contributed by atoms with van der Waals surface area (Å²) in [7, 11) is 0. The Bertz CT molecular complexity index is 260. The Balaban J connectivity index is 1.79. The van der Waals surface area contributed by atoms with Crippen molar-refractivity contribution in [2.24, 2.45) is 5.92 Å². The summed E-state index contributed by atoms with van der Waals surface area (Å²) in [6, 6.07) is 0.339. The first-order chi connectivity index (χ1) is 7.67. The number of hydrogen-bond acceptors (Lipinski definition) is 3. The molecule has 0 bridgehead atoms. The van der Waals surface area contributed by atoms with Gasteiger partial charge in [-0.25, -0.2) is 0 Å². The van der Waals surface area contributed by atoms with Gasteiger partial charge < -0.3 is 10.6 Å². The minimum Gasteiger partial charge on any atom is -0.354 e. The fourth-order valence-electron chi connectivity index (χ4n) is 2.62. The van der Waals surface area contributed by atoms with Crippen molar-refractivity contribution in [2.45, 2.75) is 43.4 Å². The van der Waals surface area contributed by atoms with Crippen molar-refractivity contribution in [3.05, 3.63) is 0 Å². The van der Waals surface area contributed by atoms with Crippen molar-refractivity contribution in [3.8, 4) is 0 Å². The highest BCUT2D eigenvalue weighted by Crippen LogP contribution is 2.42. The number of carbonyl (C=O) groups excluding carboxylic acids is 1. The second-order valence-corrected chi connectivity index (χ2v) is 6.37. The summed E-state index contributed by atoms with van der Waals surface area (Å²) in [6.07, 6.45) is 6.97. The normalized spacial score (nSPS) is 32.1. The van der Waals surface area contributed by atoms with Crippen LogP contribution in [-0.4, -0.2) is 36.0 Å². The van der Waals surface area contributed by atoms with E-state index in [-0.39, 0.29) is 11.8 Å². The van der Waals surface area contributed by atoms with E-state index in [1.54, 1.807) is 0 Å². The molecule has 2 rings (SSSR count). The van der Waals surface area contributed by atoms with Crippen LogP contribution in [0.4, 0.5) is 0 Å². The third-order valence-corrected chi connectivity index (χ3v) is 5.56. The average Bonchev–Trinajstić information content (AvgIpc) is 2.63. The highest BCUT2D eigenvalue weighted by molar-refractivity contribution is 8.00. The van der Waals surface area contributed by atoms with Gasteiger partial charge in [-0.15, -0.1) is 0 Å². The summed E-state index contributed by atoms with van der Waals surface area (Å²) in [5.74, 6) is 0.428. The van der Waals surface area contributed by atoms with Gasteiger partial charge in [0, 0.05) is 17.3 Å². The van der Waals surface area contributed by atoms with Crippen LogP contribution in [0.3, 0.4) is 0 Å². The minimum atomic E-state index is 0.180. The van der Waals surface area contributed by atoms with Crippen LogP contribution in [0.5, 0.6) is 0 Å². The Morgan fingerprint density at radius 2 is 2.31 bits per heavy atom. The molecule has 1 saturated carbocycles. The Labute approximate surface area is 102 Å². The number of hydrogen-bond donors (Lipinski definition) is 2. The van der Waals surface area contributed by atoms with E-state index < -0.39 is 0 Å². The van der Waals surface area contributed by atoms with Crippen LogP contribution in [0, 0.1) is 5.92 Å². The van der Waals surface area contributed by atoms with E-state index in [0.717, 1.165) is 19.5 Å². The van der Waals surface area contributed by atoms with Gasteiger partial charge in [-0.05, 0) is 39.0 Å². The minimum absolute atomic E-state index is 0.180. The van der Waals surface area contributed by atoms with E-state index >= 15 is 0 Å². The highest BCUT2D eigenvalue weighted by Gasteiger charge is 2.37. The lowest BCUT2D eigenvalue weighted by molar-refractivity contribution is -0.125. The van der Waals surface area contributed by atoms with Crippen LogP contribution < -0.4 is 10.6 Å². The maximum Gasteiger partial charge on any atom is 0.224 e. The summed E-state index contributed by atoms with van der Waals surface area (Å²) in [4.78, 5) is 12.0. The van der Waals surface area contributed by atoms with Gasteiger partial charge in [-0.2, -0.15) is 11.8 Å².